The van der Waals surface area contributed by atoms with Gasteiger partial charge in [-0.2, -0.15) is 5.10 Å². The molecule has 0 aliphatic carbocycles. The Hall–Kier alpha value is -0.920. The van der Waals surface area contributed by atoms with Gasteiger partial charge in [0.1, 0.15) is 4.47 Å². The zero-order valence-corrected chi connectivity index (χ0v) is 11.4. The molecule has 3 N–H and O–H groups in total. The summed E-state index contributed by atoms with van der Waals surface area (Å²) in [4.78, 5) is 11.8. The second-order valence-corrected chi connectivity index (χ2v) is 4.79. The molecule has 6 nitrogen and oxygen atoms in total. The van der Waals surface area contributed by atoms with Crippen LogP contribution < -0.4 is 10.9 Å². The number of hydrogen-bond acceptors (Lipinski definition) is 5. The molecule has 0 saturated heterocycles. The monoisotopic (exact) mass is 305 g/mol. The van der Waals surface area contributed by atoms with Crippen molar-refractivity contribution in [2.75, 3.05) is 18.5 Å². The number of hydrogen-bond donors (Lipinski definition) is 3. The van der Waals surface area contributed by atoms with E-state index in [4.69, 9.17) is 10.2 Å². The van der Waals surface area contributed by atoms with Crippen molar-refractivity contribution < 1.29 is 10.2 Å². The first-order valence-corrected chi connectivity index (χ1v) is 6.02. The highest BCUT2D eigenvalue weighted by molar-refractivity contribution is 9.10. The Labute approximate surface area is 107 Å². The van der Waals surface area contributed by atoms with Crippen LogP contribution in [0, 0.1) is 0 Å². The molecular formula is C10H16BrN3O3. The minimum absolute atomic E-state index is 0.254. The molecule has 0 aromatic carbocycles. The van der Waals surface area contributed by atoms with Gasteiger partial charge < -0.3 is 15.5 Å². The Kier molecular flexibility index (Phi) is 4.67. The first-order valence-electron chi connectivity index (χ1n) is 5.23. The van der Waals surface area contributed by atoms with Crippen molar-refractivity contribution in [2.24, 2.45) is 0 Å². The van der Waals surface area contributed by atoms with Crippen LogP contribution in [0.3, 0.4) is 0 Å². The summed E-state index contributed by atoms with van der Waals surface area (Å²) in [5, 5.41) is 25.2. The third kappa shape index (κ3) is 3.05. The van der Waals surface area contributed by atoms with Gasteiger partial charge in [-0.1, -0.05) is 0 Å². The van der Waals surface area contributed by atoms with Gasteiger partial charge >= 0.3 is 0 Å². The summed E-state index contributed by atoms with van der Waals surface area (Å²) in [7, 11) is 0. The van der Waals surface area contributed by atoms with Crippen LogP contribution in [0.4, 0.5) is 5.69 Å². The van der Waals surface area contributed by atoms with Gasteiger partial charge in [0.2, 0.25) is 0 Å². The number of aryl methyl sites for hydroxylation is 1. The molecule has 0 spiro atoms. The largest absolute Gasteiger partial charge is 0.394 e. The Balaban J connectivity index is 3.09. The molecule has 0 bridgehead atoms. The Bertz CT molecular complexity index is 443. The van der Waals surface area contributed by atoms with Crippen molar-refractivity contribution in [3.05, 3.63) is 21.0 Å². The highest BCUT2D eigenvalue weighted by Crippen LogP contribution is 2.20. The molecule has 0 amide bonds. The number of rotatable bonds is 5. The van der Waals surface area contributed by atoms with Crippen molar-refractivity contribution in [1.82, 2.24) is 9.78 Å². The van der Waals surface area contributed by atoms with Crippen LogP contribution in [0.1, 0.15) is 13.8 Å². The first-order chi connectivity index (χ1) is 7.97. The SMILES string of the molecule is CCn1ncc(NC(C)(CO)CO)c(Br)c1=O. The highest BCUT2D eigenvalue weighted by atomic mass is 79.9. The molecular weight excluding hydrogens is 290 g/mol. The lowest BCUT2D eigenvalue weighted by molar-refractivity contribution is 0.147. The maximum absolute atomic E-state index is 11.8. The van der Waals surface area contributed by atoms with Crippen LogP contribution in [-0.2, 0) is 6.54 Å². The number of anilines is 1. The molecule has 0 unspecified atom stereocenters. The van der Waals surface area contributed by atoms with E-state index in [1.54, 1.807) is 6.92 Å². The minimum Gasteiger partial charge on any atom is -0.394 e. The zero-order valence-electron chi connectivity index (χ0n) is 9.77. The number of nitrogens with zero attached hydrogens (tertiary/aromatic N) is 2. The van der Waals surface area contributed by atoms with Crippen molar-refractivity contribution in [2.45, 2.75) is 25.9 Å². The van der Waals surface area contributed by atoms with Crippen molar-refractivity contribution >= 4 is 21.6 Å². The fourth-order valence-corrected chi connectivity index (χ4v) is 1.64. The van der Waals surface area contributed by atoms with E-state index in [0.717, 1.165) is 0 Å². The topological polar surface area (TPSA) is 87.4 Å². The van der Waals surface area contributed by atoms with Crippen molar-refractivity contribution in [3.8, 4) is 0 Å². The average Bonchev–Trinajstić information content (AvgIpc) is 2.35. The van der Waals surface area contributed by atoms with Gasteiger partial charge in [0, 0.05) is 6.54 Å². The maximum atomic E-state index is 11.8. The van der Waals surface area contributed by atoms with Gasteiger partial charge in [0.15, 0.2) is 0 Å². The average molecular weight is 306 g/mol. The highest BCUT2D eigenvalue weighted by Gasteiger charge is 2.23. The van der Waals surface area contributed by atoms with E-state index >= 15 is 0 Å². The lowest BCUT2D eigenvalue weighted by Crippen LogP contribution is -2.43. The number of halogens is 1. The third-order valence-corrected chi connectivity index (χ3v) is 3.19. The van der Waals surface area contributed by atoms with Crippen LogP contribution in [-0.4, -0.2) is 38.7 Å². The summed E-state index contributed by atoms with van der Waals surface area (Å²) in [6, 6.07) is 0. The second kappa shape index (κ2) is 5.61. The van der Waals surface area contributed by atoms with Gasteiger partial charge in [-0.15, -0.1) is 0 Å². The zero-order chi connectivity index (χ0) is 13.1. The smallest absolute Gasteiger partial charge is 0.283 e. The predicted octanol–water partition coefficient (Wildman–Crippen LogP) is 0.181. The van der Waals surface area contributed by atoms with E-state index in [1.807, 2.05) is 6.92 Å². The molecule has 0 fully saturated rings. The Morgan fingerprint density at radius 3 is 2.59 bits per heavy atom. The van der Waals surface area contributed by atoms with E-state index in [1.165, 1.54) is 10.9 Å². The molecule has 0 radical (unpaired) electrons. The maximum Gasteiger partial charge on any atom is 0.283 e. The number of aliphatic hydroxyl groups is 2. The Morgan fingerprint density at radius 2 is 2.12 bits per heavy atom. The normalized spacial score (nSPS) is 11.6. The van der Waals surface area contributed by atoms with Gasteiger partial charge in [0.05, 0.1) is 30.6 Å². The second-order valence-electron chi connectivity index (χ2n) is 4.00. The number of aromatic nitrogens is 2. The molecule has 0 atom stereocenters. The summed E-state index contributed by atoms with van der Waals surface area (Å²) in [6.07, 6.45) is 1.48. The fourth-order valence-electron chi connectivity index (χ4n) is 1.23. The lowest BCUT2D eigenvalue weighted by atomic mass is 10.1. The summed E-state index contributed by atoms with van der Waals surface area (Å²) in [6.45, 7) is 3.43. The summed E-state index contributed by atoms with van der Waals surface area (Å²) in [5.41, 5.74) is -0.698. The molecule has 7 heteroatoms. The lowest BCUT2D eigenvalue weighted by Gasteiger charge is -2.27. The van der Waals surface area contributed by atoms with Crippen molar-refractivity contribution in [1.29, 1.82) is 0 Å². The van der Waals surface area contributed by atoms with Gasteiger partial charge in [-0.3, -0.25) is 4.79 Å². The molecule has 0 aliphatic heterocycles. The first kappa shape index (κ1) is 14.1. The van der Waals surface area contributed by atoms with Crippen LogP contribution in [0.5, 0.6) is 0 Å². The van der Waals surface area contributed by atoms with Crippen molar-refractivity contribution in [3.63, 3.8) is 0 Å². The van der Waals surface area contributed by atoms with E-state index in [9.17, 15) is 4.79 Å². The molecule has 1 heterocycles. The predicted molar refractivity (Wildman–Crippen MR) is 68.1 cm³/mol. The fraction of sp³-hybridized carbons (Fsp3) is 0.600. The van der Waals surface area contributed by atoms with E-state index in [2.05, 4.69) is 26.3 Å². The van der Waals surface area contributed by atoms with Gasteiger partial charge in [0.25, 0.3) is 5.56 Å². The minimum atomic E-state index is -0.894. The van der Waals surface area contributed by atoms with E-state index < -0.39 is 5.54 Å². The van der Waals surface area contributed by atoms with Crippen LogP contribution in [0.15, 0.2) is 15.5 Å². The van der Waals surface area contributed by atoms with Gasteiger partial charge in [-0.05, 0) is 29.8 Å². The molecule has 96 valence electrons. The summed E-state index contributed by atoms with van der Waals surface area (Å²) in [5.74, 6) is 0. The van der Waals surface area contributed by atoms with Gasteiger partial charge in [-0.25, -0.2) is 4.68 Å². The van der Waals surface area contributed by atoms with Crippen LogP contribution in [0.2, 0.25) is 0 Å². The van der Waals surface area contributed by atoms with E-state index in [0.29, 0.717) is 16.7 Å². The molecule has 17 heavy (non-hydrogen) atoms. The molecule has 0 aliphatic rings. The molecule has 1 rings (SSSR count). The summed E-state index contributed by atoms with van der Waals surface area (Å²) >= 11 is 3.18. The number of aliphatic hydroxyl groups excluding tert-OH is 2. The summed E-state index contributed by atoms with van der Waals surface area (Å²) < 4.78 is 1.65. The molecule has 0 saturated carbocycles. The third-order valence-electron chi connectivity index (χ3n) is 2.42. The van der Waals surface area contributed by atoms with E-state index in [-0.39, 0.29) is 18.8 Å². The quantitative estimate of drug-likeness (QED) is 0.722. The van der Waals surface area contributed by atoms with Crippen LogP contribution >= 0.6 is 15.9 Å². The van der Waals surface area contributed by atoms with Crippen LogP contribution in [0.25, 0.3) is 0 Å². The standard InChI is InChI=1S/C10H16BrN3O3/c1-3-14-9(17)8(11)7(4-12-14)13-10(2,5-15)6-16/h4,13,15-16H,3,5-6H2,1-2H3. The number of nitrogens with one attached hydrogen (secondary N) is 1. The Morgan fingerprint density at radius 1 is 1.53 bits per heavy atom. The molecule has 1 aromatic heterocycles. The molecule has 1 aromatic rings.